The van der Waals surface area contributed by atoms with Crippen molar-refractivity contribution in [1.29, 1.82) is 0 Å². The average Bonchev–Trinajstić information content (AvgIpc) is 3.10. The Morgan fingerprint density at radius 1 is 1.00 bits per heavy atom. The highest BCUT2D eigenvalue weighted by molar-refractivity contribution is 5.95. The van der Waals surface area contributed by atoms with Crippen molar-refractivity contribution in [3.63, 3.8) is 0 Å². The molecule has 3 aromatic rings. The predicted octanol–water partition coefficient (Wildman–Crippen LogP) is 3.75. The van der Waals surface area contributed by atoms with Gasteiger partial charge in [0.05, 0.1) is 38.0 Å². The number of imidazole rings is 1. The maximum absolute atomic E-state index is 12.9. The Balaban J connectivity index is 1.74. The molecule has 0 unspecified atom stereocenters. The Hall–Kier alpha value is -3.42. The summed E-state index contributed by atoms with van der Waals surface area (Å²) < 4.78 is 24.4. The topological polar surface area (TPSA) is 83.8 Å². The van der Waals surface area contributed by atoms with Gasteiger partial charge in [-0.1, -0.05) is 0 Å². The fourth-order valence-electron chi connectivity index (χ4n) is 3.49. The zero-order chi connectivity index (χ0) is 23.1. The van der Waals surface area contributed by atoms with Crippen LogP contribution >= 0.6 is 0 Å². The van der Waals surface area contributed by atoms with Crippen molar-refractivity contribution >= 4 is 16.9 Å². The second kappa shape index (κ2) is 10.7. The van der Waals surface area contributed by atoms with Crippen LogP contribution in [0.2, 0.25) is 0 Å². The molecule has 8 nitrogen and oxygen atoms in total. The van der Waals surface area contributed by atoms with Gasteiger partial charge in [0.1, 0.15) is 11.6 Å². The number of aromatic nitrogens is 2. The van der Waals surface area contributed by atoms with E-state index >= 15 is 0 Å². The summed E-state index contributed by atoms with van der Waals surface area (Å²) >= 11 is 0. The van der Waals surface area contributed by atoms with E-state index in [1.807, 2.05) is 50.6 Å². The van der Waals surface area contributed by atoms with Crippen molar-refractivity contribution < 1.29 is 23.7 Å². The number of carbonyl (C=O) groups is 1. The number of carbonyl (C=O) groups excluding carboxylic acids is 1. The van der Waals surface area contributed by atoms with E-state index < -0.39 is 0 Å². The molecule has 1 heterocycles. The Bertz CT molecular complexity index is 1050. The molecule has 3 rings (SSSR count). The molecule has 1 aromatic heterocycles. The molecule has 0 radical (unpaired) electrons. The number of rotatable bonds is 11. The Labute approximate surface area is 188 Å². The standard InChI is InChI=1S/C24H31N3O5/c1-6-30-20-13-16(14-21(31-7-2)23(20)32-8-3)24(28)25-12-11-22-26-18-15-17(29-5)9-10-19(18)27(22)4/h9-10,13-15H,6-8,11-12H2,1-5H3,(H,25,28). The van der Waals surface area contributed by atoms with Gasteiger partial charge in [0.2, 0.25) is 5.75 Å². The fraction of sp³-hybridized carbons (Fsp3) is 0.417. The minimum absolute atomic E-state index is 0.213. The number of aryl methyl sites for hydroxylation is 1. The molecule has 0 spiro atoms. The fourth-order valence-corrected chi connectivity index (χ4v) is 3.49. The number of amides is 1. The lowest BCUT2D eigenvalue weighted by molar-refractivity contribution is 0.0952. The molecule has 0 saturated carbocycles. The van der Waals surface area contributed by atoms with Gasteiger partial charge in [-0.05, 0) is 45.0 Å². The maximum Gasteiger partial charge on any atom is 0.251 e. The average molecular weight is 442 g/mol. The lowest BCUT2D eigenvalue weighted by Gasteiger charge is -2.17. The maximum atomic E-state index is 12.9. The molecule has 0 aliphatic rings. The van der Waals surface area contributed by atoms with Crippen molar-refractivity contribution in [1.82, 2.24) is 14.9 Å². The molecule has 172 valence electrons. The van der Waals surface area contributed by atoms with Crippen LogP contribution < -0.4 is 24.3 Å². The number of nitrogens with one attached hydrogen (secondary N) is 1. The van der Waals surface area contributed by atoms with Crippen molar-refractivity contribution in [3.8, 4) is 23.0 Å². The van der Waals surface area contributed by atoms with E-state index in [4.69, 9.17) is 18.9 Å². The number of methoxy groups -OCH3 is 1. The van der Waals surface area contributed by atoms with Crippen LogP contribution in [0.1, 0.15) is 37.0 Å². The van der Waals surface area contributed by atoms with Crippen LogP contribution in [-0.4, -0.2) is 48.9 Å². The Kier molecular flexibility index (Phi) is 7.81. The predicted molar refractivity (Wildman–Crippen MR) is 123 cm³/mol. The van der Waals surface area contributed by atoms with E-state index in [9.17, 15) is 4.79 Å². The quantitative estimate of drug-likeness (QED) is 0.488. The second-order valence-electron chi connectivity index (χ2n) is 7.05. The molecular formula is C24H31N3O5. The first-order valence-electron chi connectivity index (χ1n) is 10.9. The van der Waals surface area contributed by atoms with Gasteiger partial charge >= 0.3 is 0 Å². The lowest BCUT2D eigenvalue weighted by atomic mass is 10.1. The Morgan fingerprint density at radius 3 is 2.25 bits per heavy atom. The first kappa shape index (κ1) is 23.2. The summed E-state index contributed by atoms with van der Waals surface area (Å²) in [6.07, 6.45) is 0.590. The third-order valence-corrected chi connectivity index (χ3v) is 4.99. The van der Waals surface area contributed by atoms with Gasteiger partial charge in [-0.15, -0.1) is 0 Å². The molecule has 0 fully saturated rings. The summed E-state index contributed by atoms with van der Waals surface area (Å²) in [7, 11) is 3.60. The van der Waals surface area contributed by atoms with Gasteiger partial charge in [-0.2, -0.15) is 0 Å². The highest BCUT2D eigenvalue weighted by atomic mass is 16.5. The zero-order valence-corrected chi connectivity index (χ0v) is 19.4. The van der Waals surface area contributed by atoms with Crippen LogP contribution in [0, 0.1) is 0 Å². The minimum atomic E-state index is -0.213. The number of ether oxygens (including phenoxy) is 4. The van der Waals surface area contributed by atoms with Gasteiger partial charge in [-0.25, -0.2) is 4.98 Å². The molecule has 1 amide bonds. The van der Waals surface area contributed by atoms with E-state index in [0.29, 0.717) is 55.6 Å². The number of fused-ring (bicyclic) bond motifs is 1. The molecule has 2 aromatic carbocycles. The molecule has 8 heteroatoms. The van der Waals surface area contributed by atoms with Crippen LogP contribution in [0.3, 0.4) is 0 Å². The van der Waals surface area contributed by atoms with Crippen molar-refractivity contribution in [2.75, 3.05) is 33.5 Å². The van der Waals surface area contributed by atoms with Crippen LogP contribution in [0.5, 0.6) is 23.0 Å². The van der Waals surface area contributed by atoms with Gasteiger partial charge in [0.15, 0.2) is 11.5 Å². The van der Waals surface area contributed by atoms with E-state index in [-0.39, 0.29) is 5.91 Å². The first-order valence-corrected chi connectivity index (χ1v) is 10.9. The summed E-state index contributed by atoms with van der Waals surface area (Å²) in [5.74, 6) is 2.94. The second-order valence-corrected chi connectivity index (χ2v) is 7.05. The lowest BCUT2D eigenvalue weighted by Crippen LogP contribution is -2.26. The van der Waals surface area contributed by atoms with E-state index in [2.05, 4.69) is 10.3 Å². The SMILES string of the molecule is CCOc1cc(C(=O)NCCc2nc3cc(OC)ccc3n2C)cc(OCC)c1OCC. The van der Waals surface area contributed by atoms with Crippen molar-refractivity contribution in [3.05, 3.63) is 41.7 Å². The van der Waals surface area contributed by atoms with Crippen LogP contribution in [0.4, 0.5) is 0 Å². The molecule has 0 atom stereocenters. The Morgan fingerprint density at radius 2 is 1.66 bits per heavy atom. The largest absolute Gasteiger partial charge is 0.497 e. The molecule has 0 bridgehead atoms. The molecule has 0 aliphatic heterocycles. The third-order valence-electron chi connectivity index (χ3n) is 4.99. The number of nitrogens with zero attached hydrogens (tertiary/aromatic N) is 2. The monoisotopic (exact) mass is 441 g/mol. The van der Waals surface area contributed by atoms with Crippen LogP contribution in [0.25, 0.3) is 11.0 Å². The minimum Gasteiger partial charge on any atom is -0.497 e. The summed E-state index contributed by atoms with van der Waals surface area (Å²) in [5, 5.41) is 2.96. The summed E-state index contributed by atoms with van der Waals surface area (Å²) in [4.78, 5) is 17.5. The molecule has 1 N–H and O–H groups in total. The highest BCUT2D eigenvalue weighted by Gasteiger charge is 2.18. The molecule has 0 saturated heterocycles. The third kappa shape index (κ3) is 5.07. The first-order chi connectivity index (χ1) is 15.5. The number of hydrogen-bond donors (Lipinski definition) is 1. The zero-order valence-electron chi connectivity index (χ0n) is 19.4. The van der Waals surface area contributed by atoms with Gasteiger partial charge in [0.25, 0.3) is 5.91 Å². The van der Waals surface area contributed by atoms with Crippen molar-refractivity contribution in [2.45, 2.75) is 27.2 Å². The van der Waals surface area contributed by atoms with E-state index in [1.54, 1.807) is 19.2 Å². The van der Waals surface area contributed by atoms with Crippen LogP contribution in [0.15, 0.2) is 30.3 Å². The van der Waals surface area contributed by atoms with Gasteiger partial charge in [0, 0.05) is 31.6 Å². The van der Waals surface area contributed by atoms with Gasteiger partial charge in [-0.3, -0.25) is 4.79 Å². The van der Waals surface area contributed by atoms with Crippen LogP contribution in [-0.2, 0) is 13.5 Å². The van der Waals surface area contributed by atoms with E-state index in [1.165, 1.54) is 0 Å². The molecule has 0 aliphatic carbocycles. The molecular weight excluding hydrogens is 410 g/mol. The molecule has 32 heavy (non-hydrogen) atoms. The number of hydrogen-bond acceptors (Lipinski definition) is 6. The van der Waals surface area contributed by atoms with Crippen molar-refractivity contribution in [2.24, 2.45) is 7.05 Å². The summed E-state index contributed by atoms with van der Waals surface area (Å²) in [6, 6.07) is 9.17. The normalized spacial score (nSPS) is 10.8. The smallest absolute Gasteiger partial charge is 0.251 e. The summed E-state index contributed by atoms with van der Waals surface area (Å²) in [5.41, 5.74) is 2.33. The van der Waals surface area contributed by atoms with E-state index in [0.717, 1.165) is 22.6 Å². The summed E-state index contributed by atoms with van der Waals surface area (Å²) in [6.45, 7) is 7.47. The number of benzene rings is 2. The van der Waals surface area contributed by atoms with Gasteiger partial charge < -0.3 is 28.8 Å². The highest BCUT2D eigenvalue weighted by Crippen LogP contribution is 2.39.